The van der Waals surface area contributed by atoms with E-state index in [9.17, 15) is 18.0 Å². The normalized spacial score (nSPS) is 22.9. The van der Waals surface area contributed by atoms with Crippen molar-refractivity contribution >= 4 is 23.5 Å². The van der Waals surface area contributed by atoms with Crippen LogP contribution < -0.4 is 16.0 Å². The van der Waals surface area contributed by atoms with Crippen LogP contribution in [0.2, 0.25) is 0 Å². The Labute approximate surface area is 172 Å². The molecular weight excluding hydrogens is 393 g/mol. The molecule has 0 spiro atoms. The fraction of sp³-hybridized carbons (Fsp3) is 0.364. The number of nitrogens with two attached hydrogens (primary N) is 1. The van der Waals surface area contributed by atoms with E-state index in [0.29, 0.717) is 35.8 Å². The van der Waals surface area contributed by atoms with Crippen molar-refractivity contribution in [3.05, 3.63) is 59.8 Å². The molecule has 3 atom stereocenters. The minimum atomic E-state index is -4.32. The van der Waals surface area contributed by atoms with E-state index in [2.05, 4.69) is 10.3 Å². The Morgan fingerprint density at radius 2 is 2.00 bits per heavy atom. The molecule has 0 unspecified atom stereocenters. The van der Waals surface area contributed by atoms with Gasteiger partial charge < -0.3 is 16.0 Å². The lowest BCUT2D eigenvalue weighted by atomic mass is 10.1. The van der Waals surface area contributed by atoms with Gasteiger partial charge in [-0.15, -0.1) is 0 Å². The van der Waals surface area contributed by atoms with Crippen molar-refractivity contribution < 1.29 is 18.0 Å². The zero-order valence-electron chi connectivity index (χ0n) is 16.3. The predicted octanol–water partition coefficient (Wildman–Crippen LogP) is 3.58. The van der Waals surface area contributed by atoms with Gasteiger partial charge >= 0.3 is 6.18 Å². The second-order valence-corrected chi connectivity index (χ2v) is 7.87. The molecule has 30 heavy (non-hydrogen) atoms. The minimum Gasteiger partial charge on any atom is -0.384 e. The number of hydrogen-bond acceptors (Lipinski definition) is 4. The Balaban J connectivity index is 1.20. The third-order valence-electron chi connectivity index (χ3n) is 5.92. The molecule has 2 aromatic rings. The number of nitrogens with one attached hydrogen (secondary N) is 1. The summed E-state index contributed by atoms with van der Waals surface area (Å²) in [5, 5.41) is 2.88. The number of nitrogen functional groups attached to an aromatic ring is 1. The number of rotatable bonds is 6. The summed E-state index contributed by atoms with van der Waals surface area (Å²) in [6.07, 6.45) is 1.31. The van der Waals surface area contributed by atoms with Crippen LogP contribution in [0.15, 0.2) is 48.7 Å². The highest BCUT2D eigenvalue weighted by atomic mass is 19.4. The number of anilines is 2. The molecule has 1 amide bonds. The standard InChI is InChI=1S/C22H23F3N4O/c23-22(24,25)15-2-1-3-16(10-15)29-12-18-17(19(18)13-29)8-9-27-21(30)7-5-14-4-6-20(26)28-11-14/h1-7,10-11,17-19H,8-9,12-13H2,(H2,26,28)(H,27,30)/b7-5+/t17-,18-,19+. The highest BCUT2D eigenvalue weighted by Crippen LogP contribution is 2.54. The number of benzene rings is 1. The van der Waals surface area contributed by atoms with Gasteiger partial charge in [0.15, 0.2) is 0 Å². The van der Waals surface area contributed by atoms with E-state index < -0.39 is 11.7 Å². The molecule has 2 aliphatic rings. The van der Waals surface area contributed by atoms with Gasteiger partial charge in [-0.3, -0.25) is 4.79 Å². The van der Waals surface area contributed by atoms with Gasteiger partial charge in [0.25, 0.3) is 0 Å². The van der Waals surface area contributed by atoms with Gasteiger partial charge in [0.2, 0.25) is 5.91 Å². The first-order valence-electron chi connectivity index (χ1n) is 9.91. The lowest BCUT2D eigenvalue weighted by Crippen LogP contribution is -2.26. The Bertz CT molecular complexity index is 930. The van der Waals surface area contributed by atoms with E-state index in [0.717, 1.165) is 31.1 Å². The number of amides is 1. The maximum absolute atomic E-state index is 12.9. The van der Waals surface area contributed by atoms with Crippen LogP contribution in [-0.2, 0) is 11.0 Å². The van der Waals surface area contributed by atoms with Gasteiger partial charge in [-0.1, -0.05) is 6.07 Å². The molecule has 1 aliphatic carbocycles. The summed E-state index contributed by atoms with van der Waals surface area (Å²) >= 11 is 0. The van der Waals surface area contributed by atoms with Crippen LogP contribution in [0.25, 0.3) is 6.08 Å². The largest absolute Gasteiger partial charge is 0.416 e. The van der Waals surface area contributed by atoms with E-state index >= 15 is 0 Å². The van der Waals surface area contributed by atoms with Crippen molar-refractivity contribution in [1.29, 1.82) is 0 Å². The number of fused-ring (bicyclic) bond motifs is 1. The second kappa shape index (κ2) is 8.01. The Hall–Kier alpha value is -3.03. The molecule has 3 N–H and O–H groups in total. The molecule has 0 bridgehead atoms. The molecule has 8 heteroatoms. The van der Waals surface area contributed by atoms with Gasteiger partial charge in [-0.05, 0) is 66.1 Å². The van der Waals surface area contributed by atoms with Crippen molar-refractivity contribution in [3.63, 3.8) is 0 Å². The number of pyridine rings is 1. The summed E-state index contributed by atoms with van der Waals surface area (Å²) in [6.45, 7) is 2.13. The maximum atomic E-state index is 12.9. The monoisotopic (exact) mass is 416 g/mol. The third kappa shape index (κ3) is 4.58. The molecule has 1 aromatic carbocycles. The molecule has 1 aromatic heterocycles. The van der Waals surface area contributed by atoms with Crippen LogP contribution in [-0.4, -0.2) is 30.5 Å². The molecule has 5 nitrogen and oxygen atoms in total. The van der Waals surface area contributed by atoms with E-state index in [1.165, 1.54) is 18.2 Å². The Morgan fingerprint density at radius 1 is 1.23 bits per heavy atom. The number of nitrogens with zero attached hydrogens (tertiary/aromatic N) is 2. The number of halogens is 3. The summed E-state index contributed by atoms with van der Waals surface area (Å²) in [6, 6.07) is 8.98. The predicted molar refractivity (Wildman–Crippen MR) is 109 cm³/mol. The number of carbonyl (C=O) groups is 1. The van der Waals surface area contributed by atoms with Crippen LogP contribution in [0.4, 0.5) is 24.7 Å². The van der Waals surface area contributed by atoms with Gasteiger partial charge in [-0.25, -0.2) is 4.98 Å². The van der Waals surface area contributed by atoms with Crippen molar-refractivity contribution in [2.75, 3.05) is 30.3 Å². The zero-order valence-corrected chi connectivity index (χ0v) is 16.3. The summed E-state index contributed by atoms with van der Waals surface area (Å²) in [5.41, 5.74) is 6.34. The second-order valence-electron chi connectivity index (χ2n) is 7.87. The molecule has 158 valence electrons. The zero-order chi connectivity index (χ0) is 21.3. The number of alkyl halides is 3. The van der Waals surface area contributed by atoms with Crippen molar-refractivity contribution in [2.45, 2.75) is 12.6 Å². The lowest BCUT2D eigenvalue weighted by molar-refractivity contribution is -0.137. The number of hydrogen-bond donors (Lipinski definition) is 2. The first kappa shape index (κ1) is 20.3. The van der Waals surface area contributed by atoms with E-state index in [1.54, 1.807) is 30.5 Å². The fourth-order valence-electron chi connectivity index (χ4n) is 4.28. The maximum Gasteiger partial charge on any atom is 0.416 e. The summed E-state index contributed by atoms with van der Waals surface area (Å²) in [5.74, 6) is 1.78. The Kier molecular flexibility index (Phi) is 5.40. The van der Waals surface area contributed by atoms with Crippen LogP contribution >= 0.6 is 0 Å². The number of aromatic nitrogens is 1. The van der Waals surface area contributed by atoms with Crippen LogP contribution in [0, 0.1) is 17.8 Å². The highest BCUT2D eigenvalue weighted by Gasteiger charge is 2.54. The summed E-state index contributed by atoms with van der Waals surface area (Å²) < 4.78 is 38.7. The lowest BCUT2D eigenvalue weighted by Gasteiger charge is -2.23. The van der Waals surface area contributed by atoms with E-state index in [1.807, 2.05) is 4.90 Å². The topological polar surface area (TPSA) is 71.2 Å². The quantitative estimate of drug-likeness (QED) is 0.706. The molecule has 2 fully saturated rings. The smallest absolute Gasteiger partial charge is 0.384 e. The summed E-state index contributed by atoms with van der Waals surface area (Å²) in [7, 11) is 0. The molecular formula is C22H23F3N4O. The van der Waals surface area contributed by atoms with Gasteiger partial charge in [-0.2, -0.15) is 13.2 Å². The highest BCUT2D eigenvalue weighted by molar-refractivity contribution is 5.91. The van der Waals surface area contributed by atoms with Gasteiger partial charge in [0.1, 0.15) is 5.82 Å². The minimum absolute atomic E-state index is 0.164. The van der Waals surface area contributed by atoms with Crippen molar-refractivity contribution in [1.82, 2.24) is 10.3 Å². The molecule has 1 saturated heterocycles. The molecule has 2 heterocycles. The van der Waals surface area contributed by atoms with Crippen LogP contribution in [0.5, 0.6) is 0 Å². The molecule has 0 radical (unpaired) electrons. The summed E-state index contributed by atoms with van der Waals surface area (Å²) in [4.78, 5) is 17.9. The SMILES string of the molecule is Nc1ccc(/C=C/C(=O)NCC[C@@H]2[C@H]3CN(c4cccc(C(F)(F)F)c4)C[C@@H]23)cn1. The fourth-order valence-corrected chi connectivity index (χ4v) is 4.28. The first-order chi connectivity index (χ1) is 14.3. The molecule has 1 saturated carbocycles. The number of carbonyl (C=O) groups excluding carboxylic acids is 1. The third-order valence-corrected chi connectivity index (χ3v) is 5.92. The van der Waals surface area contributed by atoms with E-state index in [4.69, 9.17) is 5.73 Å². The number of piperidine rings is 1. The molecule has 1 aliphatic heterocycles. The van der Waals surface area contributed by atoms with Crippen molar-refractivity contribution in [3.8, 4) is 0 Å². The van der Waals surface area contributed by atoms with E-state index in [-0.39, 0.29) is 5.91 Å². The van der Waals surface area contributed by atoms with Crippen LogP contribution in [0.1, 0.15) is 17.5 Å². The van der Waals surface area contributed by atoms with Gasteiger partial charge in [0.05, 0.1) is 5.56 Å². The van der Waals surface area contributed by atoms with Crippen LogP contribution in [0.3, 0.4) is 0 Å². The first-order valence-corrected chi connectivity index (χ1v) is 9.91. The average molecular weight is 416 g/mol. The molecule has 4 rings (SSSR count). The Morgan fingerprint density at radius 3 is 2.67 bits per heavy atom. The van der Waals surface area contributed by atoms with Gasteiger partial charge in [0, 0.05) is 37.6 Å². The van der Waals surface area contributed by atoms with Crippen molar-refractivity contribution in [2.24, 2.45) is 17.8 Å². The average Bonchev–Trinajstić information content (AvgIpc) is 3.16.